The molecule has 0 saturated heterocycles. The Balaban J connectivity index is 2.31. The number of likely N-dealkylation sites (N-methyl/N-ethyl adjacent to an activating group) is 1. The van der Waals surface area contributed by atoms with E-state index < -0.39 is 11.5 Å². The summed E-state index contributed by atoms with van der Waals surface area (Å²) < 4.78 is 5.71. The van der Waals surface area contributed by atoms with E-state index in [2.05, 4.69) is 12.2 Å². The molecule has 0 amide bonds. The molecule has 1 saturated carbocycles. The van der Waals surface area contributed by atoms with Gasteiger partial charge < -0.3 is 15.2 Å². The van der Waals surface area contributed by atoms with Crippen LogP contribution in [-0.2, 0) is 9.53 Å². The molecule has 0 spiro atoms. The molecule has 1 aliphatic carbocycles. The molecule has 0 aromatic heterocycles. The van der Waals surface area contributed by atoms with Gasteiger partial charge in [0.25, 0.3) is 0 Å². The largest absolute Gasteiger partial charge is 0.480 e. The zero-order valence-electron chi connectivity index (χ0n) is 10.3. The summed E-state index contributed by atoms with van der Waals surface area (Å²) >= 11 is 0. The van der Waals surface area contributed by atoms with Crippen molar-refractivity contribution < 1.29 is 14.6 Å². The normalized spacial score (nSPS) is 29.5. The van der Waals surface area contributed by atoms with Crippen LogP contribution in [0.2, 0.25) is 0 Å². The molecule has 1 aliphatic rings. The van der Waals surface area contributed by atoms with E-state index in [-0.39, 0.29) is 6.10 Å². The van der Waals surface area contributed by atoms with E-state index >= 15 is 0 Å². The van der Waals surface area contributed by atoms with Crippen molar-refractivity contribution in [3.8, 4) is 0 Å². The smallest absolute Gasteiger partial charge is 0.323 e. The molecule has 4 heteroatoms. The SMILES string of the molecule is CCCCCOC1CCC(NC)(C(=O)O)C1. The Hall–Kier alpha value is -0.610. The molecule has 1 rings (SSSR count). The maximum atomic E-state index is 11.2. The van der Waals surface area contributed by atoms with Crippen molar-refractivity contribution >= 4 is 5.97 Å². The first-order valence-electron chi connectivity index (χ1n) is 6.18. The Morgan fingerprint density at radius 3 is 2.81 bits per heavy atom. The zero-order valence-corrected chi connectivity index (χ0v) is 10.3. The molecule has 1 fully saturated rings. The number of rotatable bonds is 7. The molecule has 2 unspecified atom stereocenters. The highest BCUT2D eigenvalue weighted by Crippen LogP contribution is 2.32. The van der Waals surface area contributed by atoms with Gasteiger partial charge in [0.15, 0.2) is 0 Å². The van der Waals surface area contributed by atoms with Gasteiger partial charge in [0.05, 0.1) is 6.10 Å². The van der Waals surface area contributed by atoms with E-state index in [9.17, 15) is 9.90 Å². The molecule has 0 bridgehead atoms. The molecule has 0 heterocycles. The van der Waals surface area contributed by atoms with Crippen LogP contribution in [0.15, 0.2) is 0 Å². The zero-order chi connectivity index (χ0) is 12.0. The highest BCUT2D eigenvalue weighted by molar-refractivity contribution is 5.79. The van der Waals surface area contributed by atoms with Crippen LogP contribution in [-0.4, -0.2) is 36.4 Å². The van der Waals surface area contributed by atoms with Crippen LogP contribution in [0.4, 0.5) is 0 Å². The molecule has 0 aromatic carbocycles. The van der Waals surface area contributed by atoms with Gasteiger partial charge in [-0.25, -0.2) is 0 Å². The number of unbranched alkanes of at least 4 members (excludes halogenated alkanes) is 2. The number of aliphatic carboxylic acids is 1. The van der Waals surface area contributed by atoms with Crippen LogP contribution in [0.1, 0.15) is 45.4 Å². The summed E-state index contributed by atoms with van der Waals surface area (Å²) in [4.78, 5) is 11.2. The quantitative estimate of drug-likeness (QED) is 0.653. The lowest BCUT2D eigenvalue weighted by atomic mass is 9.98. The van der Waals surface area contributed by atoms with Crippen molar-refractivity contribution in [3.05, 3.63) is 0 Å². The standard InChI is InChI=1S/C12H23NO3/c1-3-4-5-8-16-10-6-7-12(9-10,13-2)11(14)15/h10,13H,3-9H2,1-2H3,(H,14,15). The maximum absolute atomic E-state index is 11.2. The first kappa shape index (κ1) is 13.5. The van der Waals surface area contributed by atoms with Gasteiger partial charge in [-0.3, -0.25) is 4.79 Å². The van der Waals surface area contributed by atoms with Gasteiger partial charge in [-0.05, 0) is 26.3 Å². The van der Waals surface area contributed by atoms with Gasteiger partial charge >= 0.3 is 5.97 Å². The van der Waals surface area contributed by atoms with Crippen molar-refractivity contribution in [2.24, 2.45) is 0 Å². The monoisotopic (exact) mass is 229 g/mol. The minimum Gasteiger partial charge on any atom is -0.480 e. The van der Waals surface area contributed by atoms with Gasteiger partial charge in [0.2, 0.25) is 0 Å². The molecule has 0 aliphatic heterocycles. The Labute approximate surface area is 97.4 Å². The van der Waals surface area contributed by atoms with E-state index in [1.54, 1.807) is 7.05 Å². The van der Waals surface area contributed by atoms with Crippen molar-refractivity contribution in [1.29, 1.82) is 0 Å². The first-order chi connectivity index (χ1) is 7.64. The summed E-state index contributed by atoms with van der Waals surface area (Å²) in [6.07, 6.45) is 5.65. The lowest BCUT2D eigenvalue weighted by molar-refractivity contribution is -0.144. The van der Waals surface area contributed by atoms with Crippen LogP contribution in [0.3, 0.4) is 0 Å². The van der Waals surface area contributed by atoms with Gasteiger partial charge in [0.1, 0.15) is 5.54 Å². The van der Waals surface area contributed by atoms with E-state index in [1.807, 2.05) is 0 Å². The van der Waals surface area contributed by atoms with Crippen molar-refractivity contribution in [3.63, 3.8) is 0 Å². The van der Waals surface area contributed by atoms with Gasteiger partial charge in [0, 0.05) is 13.0 Å². The average Bonchev–Trinajstić information content (AvgIpc) is 2.69. The van der Waals surface area contributed by atoms with Crippen molar-refractivity contribution in [1.82, 2.24) is 5.32 Å². The first-order valence-corrected chi connectivity index (χ1v) is 6.18. The lowest BCUT2D eigenvalue weighted by Gasteiger charge is -2.23. The molecular weight excluding hydrogens is 206 g/mol. The molecule has 2 atom stereocenters. The molecule has 94 valence electrons. The lowest BCUT2D eigenvalue weighted by Crippen LogP contribution is -2.48. The van der Waals surface area contributed by atoms with Crippen LogP contribution in [0.25, 0.3) is 0 Å². The topological polar surface area (TPSA) is 58.6 Å². The van der Waals surface area contributed by atoms with E-state index in [0.717, 1.165) is 19.4 Å². The maximum Gasteiger partial charge on any atom is 0.323 e. The summed E-state index contributed by atoms with van der Waals surface area (Å²) in [5.41, 5.74) is -0.755. The fourth-order valence-electron chi connectivity index (χ4n) is 2.27. The van der Waals surface area contributed by atoms with Gasteiger partial charge in [-0.1, -0.05) is 19.8 Å². The van der Waals surface area contributed by atoms with Gasteiger partial charge in [-0.15, -0.1) is 0 Å². The second-order valence-corrected chi connectivity index (χ2v) is 4.58. The molecule has 16 heavy (non-hydrogen) atoms. The summed E-state index contributed by atoms with van der Waals surface area (Å²) in [5.74, 6) is -0.755. The van der Waals surface area contributed by atoms with E-state index in [0.29, 0.717) is 12.8 Å². The van der Waals surface area contributed by atoms with Gasteiger partial charge in [-0.2, -0.15) is 0 Å². The second kappa shape index (κ2) is 6.21. The fraction of sp³-hybridized carbons (Fsp3) is 0.917. The third-order valence-electron chi connectivity index (χ3n) is 3.46. The third-order valence-corrected chi connectivity index (χ3v) is 3.46. The number of hydrogen-bond acceptors (Lipinski definition) is 3. The highest BCUT2D eigenvalue weighted by atomic mass is 16.5. The summed E-state index contributed by atoms with van der Waals surface area (Å²) in [7, 11) is 1.72. The van der Waals surface area contributed by atoms with Crippen LogP contribution < -0.4 is 5.32 Å². The van der Waals surface area contributed by atoms with Crippen LogP contribution in [0, 0.1) is 0 Å². The highest BCUT2D eigenvalue weighted by Gasteiger charge is 2.44. The average molecular weight is 229 g/mol. The third kappa shape index (κ3) is 3.19. The summed E-state index contributed by atoms with van der Waals surface area (Å²) in [5, 5.41) is 12.1. The van der Waals surface area contributed by atoms with Crippen molar-refractivity contribution in [2.45, 2.75) is 57.1 Å². The van der Waals surface area contributed by atoms with E-state index in [4.69, 9.17) is 4.74 Å². The van der Waals surface area contributed by atoms with Crippen LogP contribution in [0.5, 0.6) is 0 Å². The summed E-state index contributed by atoms with van der Waals surface area (Å²) in [6.45, 7) is 2.92. The molecule has 2 N–H and O–H groups in total. The van der Waals surface area contributed by atoms with Crippen molar-refractivity contribution in [2.75, 3.05) is 13.7 Å². The van der Waals surface area contributed by atoms with Crippen LogP contribution >= 0.6 is 0 Å². The summed E-state index contributed by atoms with van der Waals surface area (Å²) in [6, 6.07) is 0. The molecular formula is C12H23NO3. The number of ether oxygens (including phenoxy) is 1. The molecule has 0 aromatic rings. The predicted octanol–water partition coefficient (Wildman–Crippen LogP) is 1.79. The minimum atomic E-state index is -0.755. The Bertz CT molecular complexity index is 232. The predicted molar refractivity (Wildman–Crippen MR) is 62.5 cm³/mol. The minimum absolute atomic E-state index is 0.111. The Morgan fingerprint density at radius 2 is 2.31 bits per heavy atom. The second-order valence-electron chi connectivity index (χ2n) is 4.58. The number of nitrogens with one attached hydrogen (secondary N) is 1. The Kier molecular flexibility index (Phi) is 5.22. The number of hydrogen-bond donors (Lipinski definition) is 2. The number of carboxylic acids is 1. The fourth-order valence-corrected chi connectivity index (χ4v) is 2.27. The van der Waals surface area contributed by atoms with E-state index in [1.165, 1.54) is 12.8 Å². The molecule has 4 nitrogen and oxygen atoms in total. The number of carboxylic acid groups (broad SMARTS) is 1. The number of carbonyl (C=O) groups is 1. The Morgan fingerprint density at radius 1 is 1.56 bits per heavy atom. The molecule has 0 radical (unpaired) electrons.